The van der Waals surface area contributed by atoms with Crippen molar-refractivity contribution in [2.75, 3.05) is 26.4 Å². The van der Waals surface area contributed by atoms with E-state index in [9.17, 15) is 9.59 Å². The number of rotatable bonds is 10. The summed E-state index contributed by atoms with van der Waals surface area (Å²) in [4.78, 5) is 22.6. The highest BCUT2D eigenvalue weighted by atomic mass is 16.6. The van der Waals surface area contributed by atoms with Crippen LogP contribution in [0.5, 0.6) is 11.5 Å². The lowest BCUT2D eigenvalue weighted by Crippen LogP contribution is -2.16. The molecule has 0 saturated heterocycles. The van der Waals surface area contributed by atoms with Gasteiger partial charge < -0.3 is 18.9 Å². The maximum Gasteiger partial charge on any atom is 0.330 e. The fourth-order valence-electron chi connectivity index (χ4n) is 3.89. The van der Waals surface area contributed by atoms with E-state index >= 15 is 0 Å². The first-order valence-corrected chi connectivity index (χ1v) is 10.5. The largest absolute Gasteiger partial charge is 0.489 e. The molecule has 0 fully saturated rings. The zero-order valence-electron chi connectivity index (χ0n) is 17.9. The molecule has 0 bridgehead atoms. The maximum absolute atomic E-state index is 11.3. The second-order valence-electron chi connectivity index (χ2n) is 7.26. The minimum absolute atomic E-state index is 0.153. The molecule has 164 valence electrons. The summed E-state index contributed by atoms with van der Waals surface area (Å²) in [7, 11) is 0. The standard InChI is InChI=1S/C25H28O6/c1-4-21(26)28-13-15-30-24-18-10-6-7-11-19(18)25(31-16-14-29-22(27)5-2)23-17(3)9-8-12-20(23)24/h4-5,8-9,12H,1-2,6-7,10-11,13-16H2,3H3. The molecule has 0 amide bonds. The Bertz CT molecular complexity index is 991. The molecule has 1 aliphatic rings. The molecule has 6 heteroatoms. The van der Waals surface area contributed by atoms with Crippen molar-refractivity contribution in [2.45, 2.75) is 32.6 Å². The SMILES string of the molecule is C=CC(=O)OCCOc1c2c(c(OCCOC(=O)C=C)c3c(C)cccc13)CCCC2. The van der Waals surface area contributed by atoms with Crippen molar-refractivity contribution in [2.24, 2.45) is 0 Å². The third-order valence-electron chi connectivity index (χ3n) is 5.24. The van der Waals surface area contributed by atoms with Crippen molar-refractivity contribution >= 4 is 22.7 Å². The van der Waals surface area contributed by atoms with Gasteiger partial charge in [0.15, 0.2) is 0 Å². The first-order valence-electron chi connectivity index (χ1n) is 10.5. The van der Waals surface area contributed by atoms with Crippen LogP contribution in [-0.4, -0.2) is 38.4 Å². The summed E-state index contributed by atoms with van der Waals surface area (Å²) in [6, 6.07) is 6.05. The number of fused-ring (bicyclic) bond motifs is 2. The summed E-state index contributed by atoms with van der Waals surface area (Å²) in [6.07, 6.45) is 6.20. The molecule has 3 rings (SSSR count). The number of esters is 2. The van der Waals surface area contributed by atoms with Crippen molar-refractivity contribution in [1.29, 1.82) is 0 Å². The van der Waals surface area contributed by atoms with Crippen LogP contribution in [0.3, 0.4) is 0 Å². The van der Waals surface area contributed by atoms with Gasteiger partial charge in [0.2, 0.25) is 0 Å². The summed E-state index contributed by atoms with van der Waals surface area (Å²) < 4.78 is 22.4. The summed E-state index contributed by atoms with van der Waals surface area (Å²) in [5.74, 6) is 0.733. The highest BCUT2D eigenvalue weighted by molar-refractivity contribution is 5.98. The number of benzene rings is 2. The fourth-order valence-corrected chi connectivity index (χ4v) is 3.89. The van der Waals surface area contributed by atoms with E-state index in [1.54, 1.807) is 0 Å². The number of ether oxygens (including phenoxy) is 4. The average molecular weight is 424 g/mol. The van der Waals surface area contributed by atoms with Crippen LogP contribution >= 0.6 is 0 Å². The van der Waals surface area contributed by atoms with Gasteiger partial charge in [0.1, 0.15) is 37.9 Å². The van der Waals surface area contributed by atoms with E-state index in [4.69, 9.17) is 18.9 Å². The van der Waals surface area contributed by atoms with Crippen LogP contribution in [0.4, 0.5) is 0 Å². The maximum atomic E-state index is 11.3. The zero-order chi connectivity index (χ0) is 22.2. The Morgan fingerprint density at radius 3 is 2.00 bits per heavy atom. The Hall–Kier alpha value is -3.28. The molecule has 6 nitrogen and oxygen atoms in total. The van der Waals surface area contributed by atoms with Crippen LogP contribution < -0.4 is 9.47 Å². The lowest BCUT2D eigenvalue weighted by molar-refractivity contribution is -0.139. The van der Waals surface area contributed by atoms with Gasteiger partial charge in [-0.3, -0.25) is 0 Å². The van der Waals surface area contributed by atoms with Crippen LogP contribution in [0.15, 0.2) is 43.5 Å². The highest BCUT2D eigenvalue weighted by Gasteiger charge is 2.24. The van der Waals surface area contributed by atoms with Gasteiger partial charge in [-0.05, 0) is 38.2 Å². The molecular formula is C25H28O6. The van der Waals surface area contributed by atoms with Gasteiger partial charge in [-0.2, -0.15) is 0 Å². The first-order chi connectivity index (χ1) is 15.1. The number of aryl methyl sites for hydroxylation is 1. The lowest BCUT2D eigenvalue weighted by atomic mass is 9.86. The molecule has 0 spiro atoms. The van der Waals surface area contributed by atoms with Gasteiger partial charge in [-0.1, -0.05) is 31.4 Å². The van der Waals surface area contributed by atoms with E-state index in [1.165, 1.54) is 0 Å². The van der Waals surface area contributed by atoms with E-state index in [0.29, 0.717) is 0 Å². The second kappa shape index (κ2) is 10.7. The van der Waals surface area contributed by atoms with Gasteiger partial charge in [-0.25, -0.2) is 9.59 Å². The van der Waals surface area contributed by atoms with Crippen molar-refractivity contribution in [3.8, 4) is 11.5 Å². The predicted molar refractivity (Wildman–Crippen MR) is 119 cm³/mol. The molecule has 1 aliphatic carbocycles. The third-order valence-corrected chi connectivity index (χ3v) is 5.24. The molecular weight excluding hydrogens is 396 g/mol. The second-order valence-corrected chi connectivity index (χ2v) is 7.26. The number of carbonyl (C=O) groups is 2. The van der Waals surface area contributed by atoms with Gasteiger partial charge in [0.05, 0.1) is 0 Å². The molecule has 0 aliphatic heterocycles. The van der Waals surface area contributed by atoms with Crippen molar-refractivity contribution in [1.82, 2.24) is 0 Å². The molecule has 2 aromatic rings. The van der Waals surface area contributed by atoms with E-state index < -0.39 is 11.9 Å². The van der Waals surface area contributed by atoms with Crippen LogP contribution in [0, 0.1) is 6.92 Å². The minimum Gasteiger partial charge on any atom is -0.489 e. The van der Waals surface area contributed by atoms with Crippen molar-refractivity contribution < 1.29 is 28.5 Å². The van der Waals surface area contributed by atoms with Crippen molar-refractivity contribution in [3.63, 3.8) is 0 Å². The van der Waals surface area contributed by atoms with Gasteiger partial charge in [-0.15, -0.1) is 0 Å². The molecule has 31 heavy (non-hydrogen) atoms. The Morgan fingerprint density at radius 1 is 0.871 bits per heavy atom. The molecule has 0 radical (unpaired) electrons. The van der Waals surface area contributed by atoms with Gasteiger partial charge >= 0.3 is 11.9 Å². The third kappa shape index (κ3) is 5.26. The topological polar surface area (TPSA) is 71.1 Å². The molecule has 0 heterocycles. The Kier molecular flexibility index (Phi) is 7.70. The average Bonchev–Trinajstić information content (AvgIpc) is 2.79. The van der Waals surface area contributed by atoms with Crippen LogP contribution in [0.2, 0.25) is 0 Å². The van der Waals surface area contributed by atoms with E-state index in [-0.39, 0.29) is 26.4 Å². The lowest BCUT2D eigenvalue weighted by Gasteiger charge is -2.26. The van der Waals surface area contributed by atoms with E-state index in [1.807, 2.05) is 25.1 Å². The van der Waals surface area contributed by atoms with Crippen LogP contribution in [0.25, 0.3) is 10.8 Å². The molecule has 0 saturated carbocycles. The van der Waals surface area contributed by atoms with Gasteiger partial charge in [0.25, 0.3) is 0 Å². The zero-order valence-corrected chi connectivity index (χ0v) is 17.9. The van der Waals surface area contributed by atoms with Crippen molar-refractivity contribution in [3.05, 3.63) is 60.2 Å². The quantitative estimate of drug-likeness (QED) is 0.323. The Labute approximate surface area is 182 Å². The Morgan fingerprint density at radius 2 is 1.42 bits per heavy atom. The summed E-state index contributed by atoms with van der Waals surface area (Å²) in [5.41, 5.74) is 3.35. The fraction of sp³-hybridized carbons (Fsp3) is 0.360. The smallest absolute Gasteiger partial charge is 0.330 e. The Balaban J connectivity index is 1.93. The van der Waals surface area contributed by atoms with E-state index in [2.05, 4.69) is 13.2 Å². The number of hydrogen-bond donors (Lipinski definition) is 0. The molecule has 0 unspecified atom stereocenters. The summed E-state index contributed by atoms with van der Waals surface area (Å²) in [5, 5.41) is 1.96. The van der Waals surface area contributed by atoms with Gasteiger partial charge in [0, 0.05) is 34.1 Å². The minimum atomic E-state index is -0.466. The number of hydrogen-bond acceptors (Lipinski definition) is 6. The predicted octanol–water partition coefficient (Wildman–Crippen LogP) is 4.24. The summed E-state index contributed by atoms with van der Waals surface area (Å²) in [6.45, 7) is 9.66. The monoisotopic (exact) mass is 424 g/mol. The summed E-state index contributed by atoms with van der Waals surface area (Å²) >= 11 is 0. The van der Waals surface area contributed by atoms with Crippen LogP contribution in [-0.2, 0) is 31.9 Å². The first kappa shape index (κ1) is 22.4. The highest BCUT2D eigenvalue weighted by Crippen LogP contribution is 2.45. The van der Waals surface area contributed by atoms with Crippen LogP contribution in [0.1, 0.15) is 29.5 Å². The molecule has 2 aromatic carbocycles. The molecule has 0 N–H and O–H groups in total. The molecule has 0 aromatic heterocycles. The van der Waals surface area contributed by atoms with E-state index in [0.717, 1.165) is 76.8 Å². The molecule has 0 atom stereocenters. The normalized spacial score (nSPS) is 12.5. The number of carbonyl (C=O) groups excluding carboxylic acids is 2.